The number of benzene rings is 2. The molecule has 5 rings (SSSR count). The Labute approximate surface area is 198 Å². The molecule has 9 heteroatoms. The first kappa shape index (κ1) is 21.2. The van der Waals surface area contributed by atoms with Crippen molar-refractivity contribution >= 4 is 17.7 Å². The van der Waals surface area contributed by atoms with Crippen molar-refractivity contribution < 1.29 is 29.6 Å². The van der Waals surface area contributed by atoms with E-state index < -0.39 is 29.6 Å². The summed E-state index contributed by atoms with van der Waals surface area (Å²) in [6.07, 6.45) is -0.165. The van der Waals surface area contributed by atoms with Crippen molar-refractivity contribution in [2.75, 3.05) is 26.3 Å². The van der Waals surface area contributed by atoms with Crippen LogP contribution in [0.2, 0.25) is 0 Å². The Balaban J connectivity index is 1.29. The number of nitrogens with zero attached hydrogens (tertiary/aromatic N) is 2. The third-order valence-electron chi connectivity index (χ3n) is 6.32. The van der Waals surface area contributed by atoms with Gasteiger partial charge in [0.05, 0.1) is 26.7 Å². The summed E-state index contributed by atoms with van der Waals surface area (Å²) in [7, 11) is 0. The number of imide groups is 1. The Morgan fingerprint density at radius 1 is 1.12 bits per heavy atom. The first-order valence-corrected chi connectivity index (χ1v) is 11.3. The van der Waals surface area contributed by atoms with Crippen LogP contribution in [0.4, 0.5) is 4.39 Å². The molecule has 0 unspecified atom stereocenters. The van der Waals surface area contributed by atoms with Crippen molar-refractivity contribution in [3.05, 3.63) is 64.5 Å². The quantitative estimate of drug-likeness (QED) is 0.653. The van der Waals surface area contributed by atoms with Crippen LogP contribution in [-0.4, -0.2) is 59.8 Å². The van der Waals surface area contributed by atoms with Crippen molar-refractivity contribution in [2.45, 2.75) is 38.6 Å². The maximum absolute atomic E-state index is 14.4. The predicted molar refractivity (Wildman–Crippen MR) is 119 cm³/mol. The minimum absolute atomic E-state index is 0.0470. The van der Waals surface area contributed by atoms with Gasteiger partial charge in [0.2, 0.25) is 11.8 Å². The van der Waals surface area contributed by atoms with Gasteiger partial charge in [-0.2, -0.15) is 0 Å². The number of morpholine rings is 1. The molecule has 2 aromatic rings. The monoisotopic (exact) mass is 468 g/mol. The van der Waals surface area contributed by atoms with E-state index in [-0.39, 0.29) is 37.3 Å². The van der Waals surface area contributed by atoms with Gasteiger partial charge < -0.3 is 14.4 Å². The van der Waals surface area contributed by atoms with Crippen molar-refractivity contribution in [2.24, 2.45) is 0 Å². The highest BCUT2D eigenvalue weighted by Crippen LogP contribution is 2.35. The highest BCUT2D eigenvalue weighted by atomic mass is 19.1. The zero-order valence-corrected chi connectivity index (χ0v) is 18.6. The summed E-state index contributed by atoms with van der Waals surface area (Å²) in [5, 5.41) is 2.12. The molecule has 1 atom stereocenters. The maximum Gasteiger partial charge on any atom is 0.255 e. The van der Waals surface area contributed by atoms with E-state index in [9.17, 15) is 18.8 Å². The Morgan fingerprint density at radius 2 is 1.85 bits per heavy atom. The summed E-state index contributed by atoms with van der Waals surface area (Å²) in [4.78, 5) is 40.3. The molecule has 0 radical (unpaired) electrons. The fourth-order valence-corrected chi connectivity index (χ4v) is 4.47. The first-order chi connectivity index (χ1) is 16.8. The number of carbonyl (C=O) groups is 3. The van der Waals surface area contributed by atoms with Crippen LogP contribution in [0.25, 0.3) is 0 Å². The van der Waals surface area contributed by atoms with E-state index in [0.717, 1.165) is 49.4 Å². The standard InChI is InChI=1S/C25H26FN3O5/c26-18-11-19-20(14-29(25(19)32)21-5-6-23(30)27-24(21)31)22(12-18)34-15-17-3-1-16(2-4-17)13-28-7-9-33-10-8-28/h1-4,11-12,21H,5-10,13-15H2,(H,27,30,31)/t21-/m1/s1/i21D. The van der Waals surface area contributed by atoms with E-state index in [1.165, 1.54) is 11.6 Å². The number of rotatable bonds is 6. The van der Waals surface area contributed by atoms with E-state index in [1.807, 2.05) is 24.3 Å². The molecule has 3 heterocycles. The van der Waals surface area contributed by atoms with E-state index >= 15 is 0 Å². The summed E-state index contributed by atoms with van der Waals surface area (Å²) < 4.78 is 34.2. The van der Waals surface area contributed by atoms with Gasteiger partial charge in [0.25, 0.3) is 5.91 Å². The highest BCUT2D eigenvalue weighted by Gasteiger charge is 2.40. The van der Waals surface area contributed by atoms with Crippen LogP contribution in [0.3, 0.4) is 0 Å². The maximum atomic E-state index is 14.4. The molecule has 2 aromatic carbocycles. The number of nitrogens with one attached hydrogen (secondary N) is 1. The van der Waals surface area contributed by atoms with Crippen LogP contribution in [0.5, 0.6) is 5.75 Å². The minimum Gasteiger partial charge on any atom is -0.488 e. The van der Waals surface area contributed by atoms with Gasteiger partial charge in [-0.3, -0.25) is 24.6 Å². The smallest absolute Gasteiger partial charge is 0.255 e. The largest absolute Gasteiger partial charge is 0.488 e. The molecule has 0 aliphatic carbocycles. The lowest BCUT2D eigenvalue weighted by atomic mass is 10.0. The van der Waals surface area contributed by atoms with Gasteiger partial charge >= 0.3 is 0 Å². The topological polar surface area (TPSA) is 88.2 Å². The van der Waals surface area contributed by atoms with E-state index in [4.69, 9.17) is 10.8 Å². The molecule has 178 valence electrons. The normalized spacial score (nSPS) is 23.5. The lowest BCUT2D eigenvalue weighted by molar-refractivity contribution is -0.136. The van der Waals surface area contributed by atoms with E-state index in [1.54, 1.807) is 0 Å². The van der Waals surface area contributed by atoms with Crippen LogP contribution < -0.4 is 10.1 Å². The molecule has 0 spiro atoms. The lowest BCUT2D eigenvalue weighted by Gasteiger charge is -2.29. The number of piperidine rings is 1. The molecule has 34 heavy (non-hydrogen) atoms. The number of halogens is 1. The molecule has 3 amide bonds. The summed E-state index contributed by atoms with van der Waals surface area (Å²) in [5.74, 6) is -2.40. The molecule has 0 bridgehead atoms. The van der Waals surface area contributed by atoms with Crippen LogP contribution >= 0.6 is 0 Å². The van der Waals surface area contributed by atoms with Gasteiger partial charge in [0.15, 0.2) is 0 Å². The Bertz CT molecular complexity index is 1170. The number of hydrogen-bond donors (Lipinski definition) is 1. The number of hydrogen-bond acceptors (Lipinski definition) is 6. The molecule has 1 N–H and O–H groups in total. The van der Waals surface area contributed by atoms with E-state index in [2.05, 4.69) is 10.2 Å². The van der Waals surface area contributed by atoms with Crippen LogP contribution in [0.15, 0.2) is 36.4 Å². The second-order valence-corrected chi connectivity index (χ2v) is 8.64. The molecule has 0 saturated carbocycles. The fourth-order valence-electron chi connectivity index (χ4n) is 4.47. The summed E-state index contributed by atoms with van der Waals surface area (Å²) in [6.45, 7) is 4.23. The molecule has 3 aliphatic rings. The zero-order valence-electron chi connectivity index (χ0n) is 19.6. The third-order valence-corrected chi connectivity index (χ3v) is 6.32. The number of carbonyl (C=O) groups excluding carboxylic acids is 3. The van der Waals surface area contributed by atoms with Gasteiger partial charge in [-0.15, -0.1) is 0 Å². The lowest BCUT2D eigenvalue weighted by Crippen LogP contribution is -2.52. The van der Waals surface area contributed by atoms with Crippen LogP contribution in [0.1, 0.15) is 41.3 Å². The fraction of sp³-hybridized carbons (Fsp3) is 0.400. The number of ether oxygens (including phenoxy) is 2. The van der Waals surface area contributed by atoms with Gasteiger partial charge in [-0.25, -0.2) is 4.39 Å². The zero-order chi connectivity index (χ0) is 24.6. The third kappa shape index (κ3) is 4.67. The second-order valence-electron chi connectivity index (χ2n) is 8.64. The van der Waals surface area contributed by atoms with Crippen LogP contribution in [-0.2, 0) is 34.0 Å². The Kier molecular flexibility index (Phi) is 5.95. The SMILES string of the molecule is [2H][C@@]1(N2Cc3c(OCc4ccc(CN5CCOCC5)cc4)cc(F)cc3C2=O)CCC(=O)NC1=O. The van der Waals surface area contributed by atoms with Crippen molar-refractivity contribution in [1.29, 1.82) is 0 Å². The predicted octanol–water partition coefficient (Wildman–Crippen LogP) is 2.00. The summed E-state index contributed by atoms with van der Waals surface area (Å²) in [5.41, 5.74) is 2.56. The van der Waals surface area contributed by atoms with E-state index in [0.29, 0.717) is 5.56 Å². The van der Waals surface area contributed by atoms with Gasteiger partial charge in [-0.1, -0.05) is 24.3 Å². The van der Waals surface area contributed by atoms with Crippen LogP contribution in [0, 0.1) is 5.82 Å². The summed E-state index contributed by atoms with van der Waals surface area (Å²) >= 11 is 0. The average Bonchev–Trinajstić information content (AvgIpc) is 3.19. The van der Waals surface area contributed by atoms with Crippen molar-refractivity contribution in [3.8, 4) is 5.75 Å². The Hall–Kier alpha value is -3.30. The van der Waals surface area contributed by atoms with Crippen molar-refractivity contribution in [3.63, 3.8) is 0 Å². The highest BCUT2D eigenvalue weighted by molar-refractivity contribution is 6.05. The molecule has 0 aromatic heterocycles. The van der Waals surface area contributed by atoms with Gasteiger partial charge in [-0.05, 0) is 23.6 Å². The molecule has 2 fully saturated rings. The number of fused-ring (bicyclic) bond motifs is 1. The average molecular weight is 469 g/mol. The summed E-state index contributed by atoms with van der Waals surface area (Å²) in [6, 6.07) is 8.34. The Morgan fingerprint density at radius 3 is 2.59 bits per heavy atom. The molecule has 2 saturated heterocycles. The molecule has 3 aliphatic heterocycles. The minimum atomic E-state index is -1.94. The number of amides is 3. The van der Waals surface area contributed by atoms with Gasteiger partial charge in [0.1, 0.15) is 24.2 Å². The van der Waals surface area contributed by atoms with Gasteiger partial charge in [0, 0.05) is 37.7 Å². The second kappa shape index (κ2) is 9.52. The molecular weight excluding hydrogens is 441 g/mol. The molecular formula is C25H26FN3O5. The molecule has 8 nitrogen and oxygen atoms in total. The van der Waals surface area contributed by atoms with Crippen molar-refractivity contribution in [1.82, 2.24) is 15.1 Å². The first-order valence-electron chi connectivity index (χ1n) is 11.8.